The molecule has 2 aliphatic carbocycles. The Morgan fingerprint density at radius 3 is 2.17 bits per heavy atom. The van der Waals surface area contributed by atoms with Crippen LogP contribution >= 0.6 is 23.4 Å². The first-order chi connectivity index (χ1) is 13.7. The highest BCUT2D eigenvalue weighted by Crippen LogP contribution is 2.32. The Morgan fingerprint density at radius 1 is 0.931 bits per heavy atom. The molecule has 0 fully saturated rings. The van der Waals surface area contributed by atoms with E-state index >= 15 is 0 Å². The van der Waals surface area contributed by atoms with E-state index in [0.29, 0.717) is 11.1 Å². The third kappa shape index (κ3) is 7.38. The standard InChI is InChI=1S/C26H29ClOS/c1-6-22(29-23-10-8-16-26(4,5)18-14-23)12-11-21(19-27)24(28)20-9-7-15-25(2,3)17-13-20/h6-19H,1-5H3/b12-11-,21-19-,22-6+. The van der Waals surface area contributed by atoms with Gasteiger partial charge in [0.25, 0.3) is 0 Å². The van der Waals surface area contributed by atoms with Gasteiger partial charge >= 0.3 is 0 Å². The molecule has 0 N–H and O–H groups in total. The molecular formula is C26H29ClOS. The van der Waals surface area contributed by atoms with E-state index in [2.05, 4.69) is 64.2 Å². The van der Waals surface area contributed by atoms with Crippen molar-refractivity contribution in [3.05, 3.63) is 105 Å². The van der Waals surface area contributed by atoms with Gasteiger partial charge < -0.3 is 0 Å². The van der Waals surface area contributed by atoms with Gasteiger partial charge in [-0.2, -0.15) is 0 Å². The van der Waals surface area contributed by atoms with Gasteiger partial charge in [0.15, 0.2) is 5.78 Å². The summed E-state index contributed by atoms with van der Waals surface area (Å²) in [7, 11) is 0. The van der Waals surface area contributed by atoms with Crippen LogP contribution in [-0.4, -0.2) is 5.78 Å². The molecule has 0 radical (unpaired) electrons. The summed E-state index contributed by atoms with van der Waals surface area (Å²) in [6, 6.07) is 0. The minimum atomic E-state index is -0.0893. The number of carbonyl (C=O) groups is 1. The molecule has 0 unspecified atom stereocenters. The number of ketones is 1. The van der Waals surface area contributed by atoms with E-state index in [1.54, 1.807) is 17.8 Å². The lowest BCUT2D eigenvalue weighted by Crippen LogP contribution is -2.04. The van der Waals surface area contributed by atoms with E-state index in [4.69, 9.17) is 11.6 Å². The number of allylic oxidation sites excluding steroid dienone is 15. The normalized spacial score (nSPS) is 21.0. The average molecular weight is 425 g/mol. The summed E-state index contributed by atoms with van der Waals surface area (Å²) in [5, 5.41) is 0. The van der Waals surface area contributed by atoms with Crippen LogP contribution in [0.15, 0.2) is 105 Å². The van der Waals surface area contributed by atoms with Crippen LogP contribution in [0.2, 0.25) is 0 Å². The Labute approximate surface area is 184 Å². The van der Waals surface area contributed by atoms with Gasteiger partial charge in [-0.15, -0.1) is 0 Å². The lowest BCUT2D eigenvalue weighted by atomic mass is 9.93. The summed E-state index contributed by atoms with van der Waals surface area (Å²) in [4.78, 5) is 15.1. The summed E-state index contributed by atoms with van der Waals surface area (Å²) in [6.45, 7) is 10.5. The molecule has 2 aliphatic rings. The van der Waals surface area contributed by atoms with Gasteiger partial charge in [-0.1, -0.05) is 112 Å². The van der Waals surface area contributed by atoms with E-state index in [0.717, 1.165) is 9.81 Å². The molecule has 0 aromatic carbocycles. The number of halogens is 1. The van der Waals surface area contributed by atoms with Crippen molar-refractivity contribution < 1.29 is 4.79 Å². The van der Waals surface area contributed by atoms with Crippen LogP contribution < -0.4 is 0 Å². The largest absolute Gasteiger partial charge is 0.289 e. The monoisotopic (exact) mass is 424 g/mol. The molecule has 0 aromatic heterocycles. The smallest absolute Gasteiger partial charge is 0.193 e. The Balaban J connectivity index is 2.12. The van der Waals surface area contributed by atoms with Gasteiger partial charge in [-0.25, -0.2) is 0 Å². The maximum atomic E-state index is 12.9. The van der Waals surface area contributed by atoms with Crippen LogP contribution in [0.3, 0.4) is 0 Å². The maximum Gasteiger partial charge on any atom is 0.193 e. The maximum absolute atomic E-state index is 12.9. The Morgan fingerprint density at radius 2 is 1.55 bits per heavy atom. The molecule has 0 saturated carbocycles. The molecule has 0 aromatic rings. The fourth-order valence-corrected chi connectivity index (χ4v) is 3.64. The van der Waals surface area contributed by atoms with Crippen molar-refractivity contribution in [2.24, 2.45) is 10.8 Å². The predicted octanol–water partition coefficient (Wildman–Crippen LogP) is 7.99. The van der Waals surface area contributed by atoms with Crippen LogP contribution in [0.25, 0.3) is 0 Å². The predicted molar refractivity (Wildman–Crippen MR) is 130 cm³/mol. The first kappa shape index (κ1) is 23.3. The highest BCUT2D eigenvalue weighted by Gasteiger charge is 2.16. The zero-order valence-electron chi connectivity index (χ0n) is 17.8. The van der Waals surface area contributed by atoms with E-state index < -0.39 is 0 Å². The van der Waals surface area contributed by atoms with Crippen molar-refractivity contribution in [1.29, 1.82) is 0 Å². The summed E-state index contributed by atoms with van der Waals surface area (Å²) in [6.07, 6.45) is 26.2. The molecular weight excluding hydrogens is 396 g/mol. The van der Waals surface area contributed by atoms with Crippen molar-refractivity contribution in [3.63, 3.8) is 0 Å². The van der Waals surface area contributed by atoms with Gasteiger partial charge in [0.2, 0.25) is 0 Å². The molecule has 2 rings (SSSR count). The van der Waals surface area contributed by atoms with Gasteiger partial charge in [0, 0.05) is 37.3 Å². The number of hydrogen-bond donors (Lipinski definition) is 0. The topological polar surface area (TPSA) is 17.1 Å². The number of carbonyl (C=O) groups excluding carboxylic acids is 1. The Hall–Kier alpha value is -2.03. The van der Waals surface area contributed by atoms with Crippen LogP contribution in [0.5, 0.6) is 0 Å². The van der Waals surface area contributed by atoms with Gasteiger partial charge in [-0.3, -0.25) is 4.79 Å². The van der Waals surface area contributed by atoms with Crippen molar-refractivity contribution in [2.45, 2.75) is 34.6 Å². The highest BCUT2D eigenvalue weighted by atomic mass is 35.5. The quantitative estimate of drug-likeness (QED) is 0.317. The molecule has 1 nitrogen and oxygen atoms in total. The lowest BCUT2D eigenvalue weighted by molar-refractivity contribution is -0.111. The van der Waals surface area contributed by atoms with Crippen LogP contribution in [0.1, 0.15) is 34.6 Å². The first-order valence-electron chi connectivity index (χ1n) is 9.71. The van der Waals surface area contributed by atoms with Crippen molar-refractivity contribution in [3.8, 4) is 0 Å². The molecule has 0 bridgehead atoms. The van der Waals surface area contributed by atoms with Gasteiger partial charge in [-0.05, 0) is 25.2 Å². The molecule has 0 heterocycles. The molecule has 0 atom stereocenters. The van der Waals surface area contributed by atoms with Crippen molar-refractivity contribution in [2.75, 3.05) is 0 Å². The summed E-state index contributed by atoms with van der Waals surface area (Å²) >= 11 is 7.65. The lowest BCUT2D eigenvalue weighted by Gasteiger charge is -2.12. The second-order valence-electron chi connectivity index (χ2n) is 8.24. The van der Waals surface area contributed by atoms with Gasteiger partial charge in [0.05, 0.1) is 0 Å². The SMILES string of the molecule is C\C=C(/C=C\C(=C\Cl)C(=O)C1=CC=CC(C)(C)C=C1)SC1=CC=CC(C)(C)C=C1. The molecule has 0 amide bonds. The van der Waals surface area contributed by atoms with Crippen molar-refractivity contribution in [1.82, 2.24) is 0 Å². The zero-order valence-corrected chi connectivity index (χ0v) is 19.3. The number of rotatable bonds is 6. The van der Waals surface area contributed by atoms with E-state index in [1.165, 1.54) is 5.54 Å². The summed E-state index contributed by atoms with van der Waals surface area (Å²) in [5.74, 6) is -0.0893. The third-order valence-electron chi connectivity index (χ3n) is 4.55. The molecule has 152 valence electrons. The second-order valence-corrected chi connectivity index (χ2v) is 9.60. The zero-order chi connectivity index (χ0) is 21.5. The van der Waals surface area contributed by atoms with Crippen LogP contribution in [0.4, 0.5) is 0 Å². The average Bonchev–Trinajstić information content (AvgIpc) is 2.95. The Kier molecular flexibility index (Phi) is 8.13. The number of hydrogen-bond acceptors (Lipinski definition) is 2. The van der Waals surface area contributed by atoms with Gasteiger partial charge in [0.1, 0.15) is 0 Å². The number of Topliss-reactive ketones (excluding diaryl/α,β-unsaturated/α-hetero) is 1. The molecule has 0 spiro atoms. The Bertz CT molecular complexity index is 912. The van der Waals surface area contributed by atoms with Crippen LogP contribution in [0, 0.1) is 10.8 Å². The van der Waals surface area contributed by atoms with E-state index in [-0.39, 0.29) is 16.6 Å². The van der Waals surface area contributed by atoms with E-state index in [9.17, 15) is 4.79 Å². The first-order valence-corrected chi connectivity index (χ1v) is 11.0. The summed E-state index contributed by atoms with van der Waals surface area (Å²) < 4.78 is 0. The van der Waals surface area contributed by atoms with E-state index in [1.807, 2.05) is 43.4 Å². The fraction of sp³-hybridized carbons (Fsp3) is 0.269. The second kappa shape index (κ2) is 10.1. The third-order valence-corrected chi connectivity index (χ3v) is 5.90. The molecule has 0 aliphatic heterocycles. The van der Waals surface area contributed by atoms with Crippen LogP contribution in [-0.2, 0) is 4.79 Å². The highest BCUT2D eigenvalue weighted by molar-refractivity contribution is 8.07. The molecule has 3 heteroatoms. The molecule has 0 saturated heterocycles. The minimum absolute atomic E-state index is 0.0503. The fourth-order valence-electron chi connectivity index (χ4n) is 2.66. The van der Waals surface area contributed by atoms with Crippen molar-refractivity contribution >= 4 is 29.1 Å². The number of thioether (sulfide) groups is 1. The minimum Gasteiger partial charge on any atom is -0.289 e. The summed E-state index contributed by atoms with van der Waals surface area (Å²) in [5.41, 5.74) is 2.41. The molecule has 29 heavy (non-hydrogen) atoms.